The number of benzene rings is 3. The zero-order valence-corrected chi connectivity index (χ0v) is 21.8. The summed E-state index contributed by atoms with van der Waals surface area (Å²) in [4.78, 5) is 12.8. The Kier molecular flexibility index (Phi) is 7.91. The Bertz CT molecular complexity index is 1410. The number of rotatable bonds is 7. The number of nitrogens with zero attached hydrogens (tertiary/aromatic N) is 3. The summed E-state index contributed by atoms with van der Waals surface area (Å²) >= 11 is 1.19. The SMILES string of the molecule is CC(C)(C)c1ccc(C(=O)NCc2nnc(SCc3cccc(C(F)(F)F)c3)n2-c2ccc(F)cc2)cc1. The van der Waals surface area contributed by atoms with Crippen molar-refractivity contribution >= 4 is 17.7 Å². The van der Waals surface area contributed by atoms with Gasteiger partial charge in [0.2, 0.25) is 0 Å². The van der Waals surface area contributed by atoms with Gasteiger partial charge in [0.05, 0.1) is 12.1 Å². The van der Waals surface area contributed by atoms with E-state index in [1.807, 2.05) is 12.1 Å². The first-order valence-corrected chi connectivity index (χ1v) is 12.8. The fourth-order valence-corrected chi connectivity index (χ4v) is 4.64. The van der Waals surface area contributed by atoms with Gasteiger partial charge in [0, 0.05) is 17.0 Å². The average molecular weight is 543 g/mol. The molecule has 1 amide bonds. The Morgan fingerprint density at radius 2 is 1.61 bits per heavy atom. The van der Waals surface area contributed by atoms with Gasteiger partial charge in [0.15, 0.2) is 11.0 Å². The lowest BCUT2D eigenvalue weighted by atomic mass is 9.87. The number of carbonyl (C=O) groups is 1. The van der Waals surface area contributed by atoms with Gasteiger partial charge in [-0.05, 0) is 59.0 Å². The van der Waals surface area contributed by atoms with Crippen LogP contribution in [-0.4, -0.2) is 20.7 Å². The van der Waals surface area contributed by atoms with Crippen molar-refractivity contribution < 1.29 is 22.4 Å². The predicted molar refractivity (Wildman–Crippen MR) is 139 cm³/mol. The first kappa shape index (κ1) is 27.4. The lowest BCUT2D eigenvalue weighted by Gasteiger charge is -2.19. The van der Waals surface area contributed by atoms with Crippen LogP contribution in [0.2, 0.25) is 0 Å². The second-order valence-corrected chi connectivity index (χ2v) is 10.6. The van der Waals surface area contributed by atoms with Crippen LogP contribution in [0.3, 0.4) is 0 Å². The molecule has 0 aliphatic rings. The smallest absolute Gasteiger partial charge is 0.345 e. The third kappa shape index (κ3) is 6.61. The Hall–Kier alpha value is -3.66. The molecule has 0 bridgehead atoms. The van der Waals surface area contributed by atoms with Crippen molar-refractivity contribution in [3.8, 4) is 5.69 Å². The Morgan fingerprint density at radius 3 is 2.24 bits per heavy atom. The lowest BCUT2D eigenvalue weighted by molar-refractivity contribution is -0.137. The van der Waals surface area contributed by atoms with E-state index in [0.717, 1.165) is 17.7 Å². The summed E-state index contributed by atoms with van der Waals surface area (Å²) < 4.78 is 54.5. The maximum Gasteiger partial charge on any atom is 0.416 e. The van der Waals surface area contributed by atoms with Crippen molar-refractivity contribution in [1.82, 2.24) is 20.1 Å². The minimum Gasteiger partial charge on any atom is -0.345 e. The number of aromatic nitrogens is 3. The van der Waals surface area contributed by atoms with Crippen molar-refractivity contribution in [3.63, 3.8) is 0 Å². The third-order valence-electron chi connectivity index (χ3n) is 5.83. The van der Waals surface area contributed by atoms with Crippen LogP contribution in [0.25, 0.3) is 5.69 Å². The number of amides is 1. The van der Waals surface area contributed by atoms with Gasteiger partial charge in [0.1, 0.15) is 5.82 Å². The maximum absolute atomic E-state index is 13.6. The number of nitrogens with one attached hydrogen (secondary N) is 1. The van der Waals surface area contributed by atoms with Crippen LogP contribution < -0.4 is 5.32 Å². The first-order chi connectivity index (χ1) is 17.9. The molecular formula is C28H26F4N4OS. The molecule has 38 heavy (non-hydrogen) atoms. The van der Waals surface area contributed by atoms with Gasteiger partial charge in [-0.3, -0.25) is 9.36 Å². The largest absolute Gasteiger partial charge is 0.416 e. The van der Waals surface area contributed by atoms with Gasteiger partial charge in [0.25, 0.3) is 5.91 Å². The second kappa shape index (κ2) is 11.0. The molecule has 1 heterocycles. The average Bonchev–Trinajstić information content (AvgIpc) is 3.28. The first-order valence-electron chi connectivity index (χ1n) is 11.8. The molecule has 1 aromatic heterocycles. The molecule has 0 aliphatic carbocycles. The van der Waals surface area contributed by atoms with E-state index in [9.17, 15) is 22.4 Å². The van der Waals surface area contributed by atoms with Crippen LogP contribution in [0.4, 0.5) is 17.6 Å². The molecule has 0 unspecified atom stereocenters. The summed E-state index contributed by atoms with van der Waals surface area (Å²) in [5, 5.41) is 11.6. The summed E-state index contributed by atoms with van der Waals surface area (Å²) in [7, 11) is 0. The van der Waals surface area contributed by atoms with Crippen LogP contribution in [0, 0.1) is 5.82 Å². The van der Waals surface area contributed by atoms with E-state index in [-0.39, 0.29) is 23.6 Å². The number of thioether (sulfide) groups is 1. The van der Waals surface area contributed by atoms with Crippen LogP contribution in [0.15, 0.2) is 78.0 Å². The maximum atomic E-state index is 13.6. The summed E-state index contributed by atoms with van der Waals surface area (Å²) in [6, 6.07) is 18.1. The number of hydrogen-bond acceptors (Lipinski definition) is 4. The Morgan fingerprint density at radius 1 is 0.921 bits per heavy atom. The van der Waals surface area contributed by atoms with Crippen LogP contribution >= 0.6 is 11.8 Å². The molecule has 0 saturated carbocycles. The summed E-state index contributed by atoms with van der Waals surface area (Å²) in [5.41, 5.74) is 1.85. The number of carbonyl (C=O) groups excluding carboxylic acids is 1. The number of hydrogen-bond donors (Lipinski definition) is 1. The van der Waals surface area contributed by atoms with Crippen molar-refractivity contribution in [2.45, 2.75) is 49.8 Å². The molecule has 5 nitrogen and oxygen atoms in total. The fraction of sp³-hybridized carbons (Fsp3) is 0.250. The van der Waals surface area contributed by atoms with Crippen molar-refractivity contribution in [3.05, 3.63) is 107 Å². The van der Waals surface area contributed by atoms with Crippen molar-refractivity contribution in [1.29, 1.82) is 0 Å². The Labute approximate surface area is 222 Å². The molecular weight excluding hydrogens is 516 g/mol. The minimum atomic E-state index is -4.44. The summed E-state index contributed by atoms with van der Waals surface area (Å²) in [5.74, 6) is -0.121. The molecule has 0 fully saturated rings. The van der Waals surface area contributed by atoms with E-state index in [1.54, 1.807) is 34.9 Å². The topological polar surface area (TPSA) is 59.8 Å². The molecule has 0 aliphatic heterocycles. The molecule has 3 aromatic carbocycles. The van der Waals surface area contributed by atoms with Crippen molar-refractivity contribution in [2.24, 2.45) is 0 Å². The molecule has 10 heteroatoms. The van der Waals surface area contributed by atoms with Gasteiger partial charge in [-0.15, -0.1) is 10.2 Å². The normalized spacial score (nSPS) is 12.0. The summed E-state index contributed by atoms with van der Waals surface area (Å²) in [6.45, 7) is 6.31. The van der Waals surface area contributed by atoms with E-state index in [2.05, 4.69) is 36.3 Å². The standard InChI is InChI=1S/C28H26F4N4OS/c1-27(2,3)20-9-7-19(8-10-20)25(37)33-16-24-34-35-26(36(24)23-13-11-22(29)12-14-23)38-17-18-5-4-6-21(15-18)28(30,31)32/h4-15H,16-17H2,1-3H3,(H,33,37). The zero-order chi connectivity index (χ0) is 27.5. The molecule has 0 radical (unpaired) electrons. The van der Waals surface area contributed by atoms with Gasteiger partial charge in [-0.2, -0.15) is 13.2 Å². The molecule has 0 spiro atoms. The Balaban J connectivity index is 1.54. The number of halogens is 4. The second-order valence-electron chi connectivity index (χ2n) is 9.71. The van der Waals surface area contributed by atoms with Crippen LogP contribution in [0.1, 0.15) is 53.6 Å². The van der Waals surface area contributed by atoms with Crippen LogP contribution in [-0.2, 0) is 23.9 Å². The minimum absolute atomic E-state index is 0.0361. The predicted octanol–water partition coefficient (Wildman–Crippen LogP) is 6.95. The third-order valence-corrected chi connectivity index (χ3v) is 6.83. The molecule has 4 rings (SSSR count). The highest BCUT2D eigenvalue weighted by Crippen LogP contribution is 2.32. The van der Waals surface area contributed by atoms with E-state index < -0.39 is 17.6 Å². The lowest BCUT2D eigenvalue weighted by Crippen LogP contribution is -2.25. The molecule has 198 valence electrons. The molecule has 1 N–H and O–H groups in total. The van der Waals surface area contributed by atoms with E-state index in [1.165, 1.54) is 30.0 Å². The molecule has 0 saturated heterocycles. The molecule has 0 atom stereocenters. The van der Waals surface area contributed by atoms with E-state index >= 15 is 0 Å². The molecule has 4 aromatic rings. The highest BCUT2D eigenvalue weighted by atomic mass is 32.2. The van der Waals surface area contributed by atoms with Crippen molar-refractivity contribution in [2.75, 3.05) is 0 Å². The zero-order valence-electron chi connectivity index (χ0n) is 21.0. The summed E-state index contributed by atoms with van der Waals surface area (Å²) in [6.07, 6.45) is -4.44. The van der Waals surface area contributed by atoms with Gasteiger partial charge < -0.3 is 5.32 Å². The quantitative estimate of drug-likeness (QED) is 0.203. The fourth-order valence-electron chi connectivity index (χ4n) is 3.73. The number of alkyl halides is 3. The highest BCUT2D eigenvalue weighted by Gasteiger charge is 2.30. The van der Waals surface area contributed by atoms with Gasteiger partial charge in [-0.25, -0.2) is 4.39 Å². The van der Waals surface area contributed by atoms with Crippen LogP contribution in [0.5, 0.6) is 0 Å². The van der Waals surface area contributed by atoms with E-state index in [0.29, 0.717) is 27.8 Å². The monoisotopic (exact) mass is 542 g/mol. The highest BCUT2D eigenvalue weighted by molar-refractivity contribution is 7.98. The van der Waals surface area contributed by atoms with Gasteiger partial charge >= 0.3 is 6.18 Å². The van der Waals surface area contributed by atoms with Gasteiger partial charge in [-0.1, -0.05) is 62.9 Å². The van der Waals surface area contributed by atoms with E-state index in [4.69, 9.17) is 0 Å².